The molecular weight excluding hydrogens is 392 g/mol. The van der Waals surface area contributed by atoms with E-state index in [0.717, 1.165) is 57.9 Å². The highest BCUT2D eigenvalue weighted by Crippen LogP contribution is 2.44. The molecule has 1 N–H and O–H groups in total. The zero-order valence-corrected chi connectivity index (χ0v) is 19.0. The second-order valence-corrected chi connectivity index (χ2v) is 10.4. The fraction of sp³-hybridized carbons (Fsp3) is 0.667. The van der Waals surface area contributed by atoms with Gasteiger partial charge in [-0.3, -0.25) is 4.90 Å². The van der Waals surface area contributed by atoms with Crippen LogP contribution in [0.25, 0.3) is 0 Å². The van der Waals surface area contributed by atoms with E-state index in [0.29, 0.717) is 6.04 Å². The van der Waals surface area contributed by atoms with Crippen molar-refractivity contribution in [3.8, 4) is 0 Å². The van der Waals surface area contributed by atoms with Gasteiger partial charge < -0.3 is 10.1 Å². The number of likely N-dealkylation sites (tertiary alicyclic amines) is 1. The largest absolute Gasteiger partial charge is 0.370 e. The van der Waals surface area contributed by atoms with Crippen LogP contribution in [0.5, 0.6) is 0 Å². The number of hydrogen-bond donors (Lipinski definition) is 1. The second-order valence-electron chi connectivity index (χ2n) is 9.17. The number of nitrogens with one attached hydrogen (secondary N) is 1. The van der Waals surface area contributed by atoms with Crippen molar-refractivity contribution in [2.24, 2.45) is 0 Å². The highest BCUT2D eigenvalue weighted by molar-refractivity contribution is 7.12. The molecule has 2 aromatic heterocycles. The van der Waals surface area contributed by atoms with Crippen LogP contribution in [0.15, 0.2) is 18.5 Å². The van der Waals surface area contributed by atoms with Crippen molar-refractivity contribution in [1.82, 2.24) is 14.9 Å². The number of hydrogen-bond acceptors (Lipinski definition) is 6. The Bertz CT molecular complexity index is 835. The second kappa shape index (κ2) is 8.93. The molecule has 30 heavy (non-hydrogen) atoms. The van der Waals surface area contributed by atoms with E-state index in [4.69, 9.17) is 4.74 Å². The minimum atomic E-state index is -0.0434. The van der Waals surface area contributed by atoms with Crippen molar-refractivity contribution < 1.29 is 4.74 Å². The number of ether oxygens (including phenoxy) is 1. The van der Waals surface area contributed by atoms with E-state index in [1.165, 1.54) is 48.1 Å². The maximum absolute atomic E-state index is 6.42. The Kier molecular flexibility index (Phi) is 6.07. The zero-order valence-electron chi connectivity index (χ0n) is 18.2. The van der Waals surface area contributed by atoms with Crippen molar-refractivity contribution in [1.29, 1.82) is 0 Å². The molecule has 0 atom stereocenters. The smallest absolute Gasteiger partial charge is 0.222 e. The van der Waals surface area contributed by atoms with Crippen LogP contribution >= 0.6 is 11.3 Å². The summed E-state index contributed by atoms with van der Waals surface area (Å²) in [5.41, 5.74) is 2.66. The summed E-state index contributed by atoms with van der Waals surface area (Å²) >= 11 is 2.00. The molecule has 4 heterocycles. The molecule has 0 radical (unpaired) electrons. The lowest BCUT2D eigenvalue weighted by atomic mass is 9.82. The number of fused-ring (bicyclic) bond motifs is 2. The number of aryl methyl sites for hydroxylation is 1. The molecular formula is C24H34N4OS. The van der Waals surface area contributed by atoms with Crippen LogP contribution in [0.3, 0.4) is 0 Å². The first-order valence-electron chi connectivity index (χ1n) is 11.8. The van der Waals surface area contributed by atoms with Gasteiger partial charge in [-0.1, -0.05) is 26.2 Å². The van der Waals surface area contributed by atoms with E-state index >= 15 is 0 Å². The molecule has 3 aliphatic rings. The first-order valence-corrected chi connectivity index (χ1v) is 12.6. The average molecular weight is 427 g/mol. The van der Waals surface area contributed by atoms with E-state index in [1.54, 1.807) is 4.88 Å². The summed E-state index contributed by atoms with van der Waals surface area (Å²) in [6.07, 6.45) is 14.9. The Morgan fingerprint density at radius 1 is 1.17 bits per heavy atom. The van der Waals surface area contributed by atoms with Crippen LogP contribution in [0, 0.1) is 0 Å². The van der Waals surface area contributed by atoms with Gasteiger partial charge in [-0.15, -0.1) is 11.3 Å². The molecule has 1 saturated heterocycles. The molecule has 0 bridgehead atoms. The van der Waals surface area contributed by atoms with Gasteiger partial charge >= 0.3 is 0 Å². The Morgan fingerprint density at radius 3 is 2.67 bits per heavy atom. The molecule has 2 aliphatic heterocycles. The molecule has 5 rings (SSSR count). The summed E-state index contributed by atoms with van der Waals surface area (Å²) in [5.74, 6) is 0.788. The zero-order chi connectivity index (χ0) is 20.4. The third kappa shape index (κ3) is 4.27. The highest BCUT2D eigenvalue weighted by atomic mass is 32.1. The van der Waals surface area contributed by atoms with Crippen LogP contribution < -0.4 is 5.32 Å². The number of nitrogens with zero attached hydrogens (tertiary/aromatic N) is 3. The molecule has 162 valence electrons. The molecule has 2 aromatic rings. The molecule has 5 nitrogen and oxygen atoms in total. The summed E-state index contributed by atoms with van der Waals surface area (Å²) in [6.45, 7) is 6.19. The quantitative estimate of drug-likeness (QED) is 0.736. The van der Waals surface area contributed by atoms with Crippen LogP contribution in [0.4, 0.5) is 5.95 Å². The maximum atomic E-state index is 6.42. The Labute approximate surface area is 184 Å². The maximum Gasteiger partial charge on any atom is 0.222 e. The number of aromatic nitrogens is 2. The molecule has 1 aliphatic carbocycles. The number of piperidine rings is 1. The van der Waals surface area contributed by atoms with Gasteiger partial charge in [0, 0.05) is 59.8 Å². The van der Waals surface area contributed by atoms with Crippen LogP contribution in [-0.2, 0) is 29.7 Å². The fourth-order valence-electron chi connectivity index (χ4n) is 5.33. The lowest BCUT2D eigenvalue weighted by molar-refractivity contribution is -0.0981. The predicted molar refractivity (Wildman–Crippen MR) is 122 cm³/mol. The van der Waals surface area contributed by atoms with Gasteiger partial charge in [0.15, 0.2) is 0 Å². The molecule has 0 amide bonds. The first-order chi connectivity index (χ1) is 14.7. The lowest BCUT2D eigenvalue weighted by Crippen LogP contribution is -2.45. The molecule has 0 unspecified atom stereocenters. The van der Waals surface area contributed by atoms with Crippen LogP contribution in [0.2, 0.25) is 0 Å². The van der Waals surface area contributed by atoms with Gasteiger partial charge in [0.1, 0.15) is 0 Å². The monoisotopic (exact) mass is 426 g/mol. The standard InChI is InChI=1S/C24H34N4OS/c1-2-20-14-21-22(30-20)8-13-29-24(21)9-11-28(12-10-24)17-18-15-25-23(26-16-18)27-19-6-4-3-5-7-19/h14-16,19H,2-13,17H2,1H3,(H,25,26,27). The Balaban J connectivity index is 1.17. The summed E-state index contributed by atoms with van der Waals surface area (Å²) in [7, 11) is 0. The SMILES string of the molecule is CCc1cc2c(s1)CCOC21CCN(Cc2cnc(NC3CCCCC3)nc2)CC1. The minimum Gasteiger partial charge on any atom is -0.370 e. The Morgan fingerprint density at radius 2 is 1.93 bits per heavy atom. The first kappa shape index (κ1) is 20.4. The fourth-order valence-corrected chi connectivity index (χ4v) is 6.51. The van der Waals surface area contributed by atoms with E-state index in [1.807, 2.05) is 23.7 Å². The van der Waals surface area contributed by atoms with Crippen molar-refractivity contribution in [2.45, 2.75) is 82.9 Å². The summed E-state index contributed by atoms with van der Waals surface area (Å²) in [5, 5.41) is 3.52. The van der Waals surface area contributed by atoms with Crippen molar-refractivity contribution in [3.63, 3.8) is 0 Å². The topological polar surface area (TPSA) is 50.3 Å². The van der Waals surface area contributed by atoms with Gasteiger partial charge in [-0.25, -0.2) is 9.97 Å². The predicted octanol–water partition coefficient (Wildman–Crippen LogP) is 4.91. The van der Waals surface area contributed by atoms with E-state index < -0.39 is 0 Å². The lowest BCUT2D eigenvalue weighted by Gasteiger charge is -2.44. The summed E-state index contributed by atoms with van der Waals surface area (Å²) < 4.78 is 6.42. The average Bonchev–Trinajstić information content (AvgIpc) is 3.23. The van der Waals surface area contributed by atoms with Gasteiger partial charge in [-0.05, 0) is 43.7 Å². The van der Waals surface area contributed by atoms with Gasteiger partial charge in [-0.2, -0.15) is 0 Å². The van der Waals surface area contributed by atoms with Gasteiger partial charge in [0.25, 0.3) is 0 Å². The van der Waals surface area contributed by atoms with E-state index in [9.17, 15) is 0 Å². The van der Waals surface area contributed by atoms with Crippen molar-refractivity contribution in [2.75, 3.05) is 25.0 Å². The third-order valence-electron chi connectivity index (χ3n) is 7.12. The van der Waals surface area contributed by atoms with Gasteiger partial charge in [0.2, 0.25) is 5.95 Å². The Hall–Kier alpha value is -1.50. The van der Waals surface area contributed by atoms with Crippen molar-refractivity contribution >= 4 is 17.3 Å². The minimum absolute atomic E-state index is 0.0434. The number of thiophene rings is 1. The molecule has 0 aromatic carbocycles. The number of rotatable bonds is 5. The summed E-state index contributed by atoms with van der Waals surface area (Å²) in [6, 6.07) is 2.98. The van der Waals surface area contributed by atoms with Crippen LogP contribution in [-0.4, -0.2) is 40.6 Å². The normalized spacial score (nSPS) is 22.2. The third-order valence-corrected chi connectivity index (χ3v) is 8.46. The van der Waals surface area contributed by atoms with E-state index in [-0.39, 0.29) is 5.60 Å². The number of anilines is 1. The van der Waals surface area contributed by atoms with Crippen molar-refractivity contribution in [3.05, 3.63) is 39.3 Å². The van der Waals surface area contributed by atoms with E-state index in [2.05, 4.69) is 33.2 Å². The molecule has 1 saturated carbocycles. The van der Waals surface area contributed by atoms with Gasteiger partial charge in [0.05, 0.1) is 12.2 Å². The highest BCUT2D eigenvalue weighted by Gasteiger charge is 2.41. The molecule has 1 spiro atoms. The molecule has 6 heteroatoms. The molecule has 2 fully saturated rings. The summed E-state index contributed by atoms with van der Waals surface area (Å²) in [4.78, 5) is 14.8. The van der Waals surface area contributed by atoms with Crippen LogP contribution in [0.1, 0.15) is 72.8 Å².